The minimum absolute atomic E-state index is 0.0642. The lowest BCUT2D eigenvalue weighted by molar-refractivity contribution is -0.116. The van der Waals surface area contributed by atoms with Crippen LogP contribution in [0.5, 0.6) is 0 Å². The number of benzene rings is 1. The first kappa shape index (κ1) is 18.4. The van der Waals surface area contributed by atoms with Crippen LogP contribution >= 0.6 is 23.1 Å². The molecule has 1 heterocycles. The summed E-state index contributed by atoms with van der Waals surface area (Å²) in [5.74, 6) is 0.793. The zero-order valence-electron chi connectivity index (χ0n) is 14.6. The van der Waals surface area contributed by atoms with Gasteiger partial charge in [-0.15, -0.1) is 10.2 Å². The summed E-state index contributed by atoms with van der Waals surface area (Å²) >= 11 is 3.13. The average Bonchev–Trinajstić information content (AvgIpc) is 3.08. The number of thioether (sulfide) groups is 1. The number of carbonyl (C=O) groups is 1. The lowest BCUT2D eigenvalue weighted by Gasteiger charge is -2.20. The lowest BCUT2D eigenvalue weighted by atomic mass is 9.86. The Bertz CT molecular complexity index is 668. The molecule has 3 rings (SSSR count). The Balaban J connectivity index is 1.45. The van der Waals surface area contributed by atoms with E-state index in [4.69, 9.17) is 0 Å². The summed E-state index contributed by atoms with van der Waals surface area (Å²) in [5.41, 5.74) is 1.26. The van der Waals surface area contributed by atoms with Gasteiger partial charge in [-0.25, -0.2) is 0 Å². The molecule has 25 heavy (non-hydrogen) atoms. The van der Waals surface area contributed by atoms with Gasteiger partial charge in [0.15, 0.2) is 4.34 Å². The zero-order valence-corrected chi connectivity index (χ0v) is 16.2. The van der Waals surface area contributed by atoms with E-state index in [1.165, 1.54) is 49.0 Å². The van der Waals surface area contributed by atoms with Gasteiger partial charge in [-0.05, 0) is 24.8 Å². The van der Waals surface area contributed by atoms with Crippen molar-refractivity contribution in [1.29, 1.82) is 0 Å². The van der Waals surface area contributed by atoms with E-state index in [0.29, 0.717) is 16.8 Å². The number of carbonyl (C=O) groups excluding carboxylic acids is 1. The Morgan fingerprint density at radius 2 is 2.00 bits per heavy atom. The van der Waals surface area contributed by atoms with Crippen molar-refractivity contribution in [1.82, 2.24) is 10.2 Å². The third kappa shape index (κ3) is 5.82. The Labute approximate surface area is 157 Å². The molecule has 1 aromatic heterocycles. The lowest BCUT2D eigenvalue weighted by Crippen LogP contribution is -2.14. The van der Waals surface area contributed by atoms with Gasteiger partial charge in [-0.2, -0.15) is 0 Å². The Kier molecular flexibility index (Phi) is 6.87. The van der Waals surface area contributed by atoms with Crippen LogP contribution in [0.15, 0.2) is 34.7 Å². The van der Waals surface area contributed by atoms with Crippen molar-refractivity contribution >= 4 is 34.1 Å². The van der Waals surface area contributed by atoms with E-state index in [1.807, 2.05) is 18.2 Å². The smallest absolute Gasteiger partial charge is 0.226 e. The van der Waals surface area contributed by atoms with Crippen LogP contribution in [0.1, 0.15) is 62.7 Å². The second kappa shape index (κ2) is 9.34. The maximum absolute atomic E-state index is 12.1. The molecule has 134 valence electrons. The molecule has 1 aliphatic rings. The predicted octanol–water partition coefficient (Wildman–Crippen LogP) is 5.69. The van der Waals surface area contributed by atoms with Crippen LogP contribution < -0.4 is 5.32 Å². The summed E-state index contributed by atoms with van der Waals surface area (Å²) in [6, 6.07) is 10.3. The van der Waals surface area contributed by atoms with Crippen LogP contribution in [0, 0.1) is 5.92 Å². The number of hydrogen-bond acceptors (Lipinski definition) is 5. The van der Waals surface area contributed by atoms with Gasteiger partial charge < -0.3 is 5.32 Å². The number of hydrogen-bond donors (Lipinski definition) is 1. The molecule has 0 aliphatic heterocycles. The van der Waals surface area contributed by atoms with Crippen LogP contribution in [-0.4, -0.2) is 16.1 Å². The van der Waals surface area contributed by atoms with Gasteiger partial charge in [-0.3, -0.25) is 4.79 Å². The molecular weight excluding hydrogens is 350 g/mol. The normalized spacial score (nSPS) is 16.5. The van der Waals surface area contributed by atoms with Crippen LogP contribution in [0.25, 0.3) is 0 Å². The molecule has 1 aliphatic carbocycles. The molecule has 1 saturated carbocycles. The average molecular weight is 376 g/mol. The maximum Gasteiger partial charge on any atom is 0.226 e. The molecule has 1 atom stereocenters. The number of aromatic nitrogens is 2. The molecular formula is C19H25N3OS2. The fourth-order valence-electron chi connectivity index (χ4n) is 3.24. The third-order valence-corrected chi connectivity index (χ3v) is 6.78. The highest BCUT2D eigenvalue weighted by Gasteiger charge is 2.16. The monoisotopic (exact) mass is 375 g/mol. The molecule has 1 aromatic carbocycles. The Hall–Kier alpha value is -1.40. The van der Waals surface area contributed by atoms with Gasteiger partial charge >= 0.3 is 0 Å². The standard InChI is InChI=1S/C19H25N3OS2/c1-14(16-10-6-3-7-11-16)24-19-22-21-18(25-19)20-17(23)13-12-15-8-4-2-5-9-15/h3,6-7,10-11,14-15H,2,4-5,8-9,12-13H2,1H3,(H,20,21,23)/t14-/m1/s1. The molecule has 2 aromatic rings. The number of rotatable bonds is 7. The highest BCUT2D eigenvalue weighted by molar-refractivity contribution is 8.01. The molecule has 1 amide bonds. The number of nitrogens with zero attached hydrogens (tertiary/aromatic N) is 2. The SMILES string of the molecule is C[C@@H](Sc1nnc(NC(=O)CCC2CCCCC2)s1)c1ccccc1. The Morgan fingerprint density at radius 3 is 2.76 bits per heavy atom. The van der Waals surface area contributed by atoms with Gasteiger partial charge in [0.2, 0.25) is 11.0 Å². The third-order valence-electron chi connectivity index (χ3n) is 4.70. The second-order valence-electron chi connectivity index (χ2n) is 6.63. The summed E-state index contributed by atoms with van der Waals surface area (Å²) in [6.45, 7) is 2.16. The van der Waals surface area contributed by atoms with Crippen molar-refractivity contribution in [2.75, 3.05) is 5.32 Å². The maximum atomic E-state index is 12.1. The highest BCUT2D eigenvalue weighted by atomic mass is 32.2. The summed E-state index contributed by atoms with van der Waals surface area (Å²) in [5, 5.41) is 12.1. The van der Waals surface area contributed by atoms with Gasteiger partial charge in [0.25, 0.3) is 0 Å². The van der Waals surface area contributed by atoms with Gasteiger partial charge in [0.05, 0.1) is 0 Å². The minimum atomic E-state index is 0.0642. The van der Waals surface area contributed by atoms with E-state index < -0.39 is 0 Å². The van der Waals surface area contributed by atoms with Crippen LogP contribution in [-0.2, 0) is 4.79 Å². The van der Waals surface area contributed by atoms with E-state index in [2.05, 4.69) is 34.6 Å². The van der Waals surface area contributed by atoms with E-state index >= 15 is 0 Å². The Morgan fingerprint density at radius 1 is 1.24 bits per heavy atom. The molecule has 6 heteroatoms. The molecule has 0 radical (unpaired) electrons. The van der Waals surface area contributed by atoms with Crippen molar-refractivity contribution in [3.05, 3.63) is 35.9 Å². The largest absolute Gasteiger partial charge is 0.301 e. The van der Waals surface area contributed by atoms with Crippen molar-refractivity contribution in [2.24, 2.45) is 5.92 Å². The number of nitrogens with one attached hydrogen (secondary N) is 1. The molecule has 0 spiro atoms. The summed E-state index contributed by atoms with van der Waals surface area (Å²) in [6.07, 6.45) is 8.15. The highest BCUT2D eigenvalue weighted by Crippen LogP contribution is 2.37. The van der Waals surface area contributed by atoms with Gasteiger partial charge in [0.1, 0.15) is 0 Å². The quantitative estimate of drug-likeness (QED) is 0.499. The van der Waals surface area contributed by atoms with Gasteiger partial charge in [0, 0.05) is 11.7 Å². The molecule has 0 unspecified atom stereocenters. The summed E-state index contributed by atoms with van der Waals surface area (Å²) < 4.78 is 0.888. The summed E-state index contributed by atoms with van der Waals surface area (Å²) in [7, 11) is 0. The van der Waals surface area contributed by atoms with Crippen LogP contribution in [0.4, 0.5) is 5.13 Å². The topological polar surface area (TPSA) is 54.9 Å². The molecule has 0 saturated heterocycles. The molecule has 1 N–H and O–H groups in total. The van der Waals surface area contributed by atoms with E-state index in [-0.39, 0.29) is 5.91 Å². The van der Waals surface area contributed by atoms with E-state index in [0.717, 1.165) is 16.7 Å². The molecule has 1 fully saturated rings. The van der Waals surface area contributed by atoms with E-state index in [1.54, 1.807) is 11.8 Å². The number of anilines is 1. The predicted molar refractivity (Wildman–Crippen MR) is 105 cm³/mol. The molecule has 0 bridgehead atoms. The van der Waals surface area contributed by atoms with Crippen molar-refractivity contribution < 1.29 is 4.79 Å². The van der Waals surface area contributed by atoms with Crippen LogP contribution in [0.2, 0.25) is 0 Å². The fourth-order valence-corrected chi connectivity index (χ4v) is 5.28. The fraction of sp³-hybridized carbons (Fsp3) is 0.526. The first-order valence-electron chi connectivity index (χ1n) is 9.05. The number of amides is 1. The first-order chi connectivity index (χ1) is 12.2. The molecule has 4 nitrogen and oxygen atoms in total. The second-order valence-corrected chi connectivity index (χ2v) is 9.20. The van der Waals surface area contributed by atoms with E-state index in [9.17, 15) is 4.79 Å². The summed E-state index contributed by atoms with van der Waals surface area (Å²) in [4.78, 5) is 12.1. The van der Waals surface area contributed by atoms with Crippen molar-refractivity contribution in [3.63, 3.8) is 0 Å². The van der Waals surface area contributed by atoms with Crippen molar-refractivity contribution in [3.8, 4) is 0 Å². The van der Waals surface area contributed by atoms with Gasteiger partial charge in [-0.1, -0.05) is 85.5 Å². The van der Waals surface area contributed by atoms with Crippen molar-refractivity contribution in [2.45, 2.75) is 61.5 Å². The van der Waals surface area contributed by atoms with Crippen LogP contribution in [0.3, 0.4) is 0 Å². The first-order valence-corrected chi connectivity index (χ1v) is 10.8. The minimum Gasteiger partial charge on any atom is -0.301 e. The zero-order chi connectivity index (χ0) is 17.5.